The van der Waals surface area contributed by atoms with E-state index in [1.165, 1.54) is 0 Å². The third kappa shape index (κ3) is 4.02. The van der Waals surface area contributed by atoms with Gasteiger partial charge in [-0.05, 0) is 43.2 Å². The first-order valence-corrected chi connectivity index (χ1v) is 10.2. The molecule has 27 heavy (non-hydrogen) atoms. The van der Waals surface area contributed by atoms with E-state index in [0.29, 0.717) is 16.4 Å². The molecule has 1 saturated heterocycles. The van der Waals surface area contributed by atoms with Crippen LogP contribution in [0.5, 0.6) is 0 Å². The van der Waals surface area contributed by atoms with Crippen molar-refractivity contribution in [2.24, 2.45) is 0 Å². The zero-order valence-corrected chi connectivity index (χ0v) is 17.8. The fraction of sp³-hybridized carbons (Fsp3) is 0.211. The summed E-state index contributed by atoms with van der Waals surface area (Å²) in [6.07, 6.45) is 1.88. The van der Waals surface area contributed by atoms with Gasteiger partial charge in [0, 0.05) is 16.1 Å². The van der Waals surface area contributed by atoms with Crippen LogP contribution in [-0.2, 0) is 9.59 Å². The molecule has 0 spiro atoms. The molecule has 140 valence electrons. The number of aliphatic carboxylic acids is 1. The predicted octanol–water partition coefficient (Wildman–Crippen LogP) is 5.08. The van der Waals surface area contributed by atoms with E-state index in [2.05, 4.69) is 15.9 Å². The molecular weight excluding hydrogens is 450 g/mol. The zero-order valence-electron chi connectivity index (χ0n) is 14.6. The molecule has 8 heteroatoms. The molecule has 5 nitrogen and oxygen atoms in total. The number of carbonyl (C=O) groups is 2. The molecule has 1 atom stereocenters. The molecule has 0 aliphatic carbocycles. The topological polar surface area (TPSA) is 70.8 Å². The SMILES string of the molecule is CC[C@@H](C(=O)O)N1C(=O)/C(=C\c2ccc(-c3ccc(C)cc3Br)o2)SC1=S. The number of rotatable bonds is 5. The quantitative estimate of drug-likeness (QED) is 0.490. The molecule has 1 N–H and O–H groups in total. The molecule has 0 radical (unpaired) electrons. The van der Waals surface area contributed by atoms with Crippen LogP contribution in [0.4, 0.5) is 0 Å². The number of carboxylic acids is 1. The van der Waals surface area contributed by atoms with Gasteiger partial charge in [0.1, 0.15) is 21.9 Å². The summed E-state index contributed by atoms with van der Waals surface area (Å²) in [6.45, 7) is 3.71. The number of thiocarbonyl (C=S) groups is 1. The van der Waals surface area contributed by atoms with Crippen LogP contribution in [0.25, 0.3) is 17.4 Å². The average Bonchev–Trinajstić information content (AvgIpc) is 3.15. The lowest BCUT2D eigenvalue weighted by molar-refractivity contribution is -0.145. The monoisotopic (exact) mass is 465 g/mol. The number of thioether (sulfide) groups is 1. The molecule has 2 aromatic rings. The van der Waals surface area contributed by atoms with Gasteiger partial charge in [0.2, 0.25) is 0 Å². The third-order valence-corrected chi connectivity index (χ3v) is 6.08. The molecule has 1 aliphatic rings. The Bertz CT molecular complexity index is 966. The van der Waals surface area contributed by atoms with E-state index in [-0.39, 0.29) is 10.7 Å². The molecule has 0 unspecified atom stereocenters. The number of carbonyl (C=O) groups excluding carboxylic acids is 1. The maximum atomic E-state index is 12.6. The molecule has 1 aliphatic heterocycles. The number of aryl methyl sites for hydroxylation is 1. The number of halogens is 1. The van der Waals surface area contributed by atoms with Crippen molar-refractivity contribution in [2.75, 3.05) is 0 Å². The Hall–Kier alpha value is -1.90. The Morgan fingerprint density at radius 3 is 2.78 bits per heavy atom. The predicted molar refractivity (Wildman–Crippen MR) is 113 cm³/mol. The molecule has 1 aromatic heterocycles. The molecule has 2 heterocycles. The minimum Gasteiger partial charge on any atom is -0.480 e. The number of furan rings is 1. The van der Waals surface area contributed by atoms with E-state index in [9.17, 15) is 14.7 Å². The van der Waals surface area contributed by atoms with Crippen molar-refractivity contribution in [3.8, 4) is 11.3 Å². The Labute approximate surface area is 174 Å². The average molecular weight is 466 g/mol. The second-order valence-electron chi connectivity index (χ2n) is 6.00. The highest BCUT2D eigenvalue weighted by Gasteiger charge is 2.39. The van der Waals surface area contributed by atoms with E-state index < -0.39 is 17.9 Å². The van der Waals surface area contributed by atoms with Crippen LogP contribution in [0.1, 0.15) is 24.7 Å². The largest absolute Gasteiger partial charge is 0.480 e. The van der Waals surface area contributed by atoms with Gasteiger partial charge >= 0.3 is 5.97 Å². The standard InChI is InChI=1S/C19H16BrNO4S2/c1-3-14(18(23)24)21-17(22)16(27-19(21)26)9-11-5-7-15(25-11)12-6-4-10(2)8-13(12)20/h4-9,14H,3H2,1-2H3,(H,23,24)/b16-9+/t14-/m0/s1. The van der Waals surface area contributed by atoms with Gasteiger partial charge in [-0.15, -0.1) is 0 Å². The zero-order chi connectivity index (χ0) is 19.7. The molecule has 3 rings (SSSR count). The van der Waals surface area contributed by atoms with Crippen molar-refractivity contribution >= 4 is 62.2 Å². The van der Waals surface area contributed by atoms with Gasteiger partial charge in [-0.1, -0.05) is 52.9 Å². The van der Waals surface area contributed by atoms with E-state index >= 15 is 0 Å². The number of nitrogens with zero attached hydrogens (tertiary/aromatic N) is 1. The number of benzene rings is 1. The van der Waals surface area contributed by atoms with Crippen molar-refractivity contribution in [3.05, 3.63) is 51.0 Å². The molecular formula is C19H16BrNO4S2. The van der Waals surface area contributed by atoms with Gasteiger partial charge < -0.3 is 9.52 Å². The maximum Gasteiger partial charge on any atom is 0.326 e. The van der Waals surface area contributed by atoms with Crippen LogP contribution in [-0.4, -0.2) is 32.2 Å². The molecule has 1 fully saturated rings. The van der Waals surface area contributed by atoms with Crippen molar-refractivity contribution in [1.29, 1.82) is 0 Å². The second kappa shape index (κ2) is 8.00. The van der Waals surface area contributed by atoms with Crippen LogP contribution in [0.2, 0.25) is 0 Å². The van der Waals surface area contributed by atoms with E-state index in [1.54, 1.807) is 19.1 Å². The summed E-state index contributed by atoms with van der Waals surface area (Å²) in [7, 11) is 0. The molecule has 1 aromatic carbocycles. The van der Waals surface area contributed by atoms with Gasteiger partial charge in [-0.2, -0.15) is 0 Å². The highest BCUT2D eigenvalue weighted by molar-refractivity contribution is 9.10. The van der Waals surface area contributed by atoms with Crippen LogP contribution < -0.4 is 0 Å². The van der Waals surface area contributed by atoms with Crippen molar-refractivity contribution in [1.82, 2.24) is 4.90 Å². The lowest BCUT2D eigenvalue weighted by Gasteiger charge is -2.21. The fourth-order valence-electron chi connectivity index (χ4n) is 2.74. The van der Waals surface area contributed by atoms with Crippen LogP contribution in [0, 0.1) is 6.92 Å². The maximum absolute atomic E-state index is 12.6. The van der Waals surface area contributed by atoms with E-state index in [4.69, 9.17) is 16.6 Å². The van der Waals surface area contributed by atoms with Crippen LogP contribution in [0.15, 0.2) is 44.1 Å². The van der Waals surface area contributed by atoms with Crippen LogP contribution >= 0.6 is 39.9 Å². The number of hydrogen-bond donors (Lipinski definition) is 1. The number of carboxylic acid groups (broad SMARTS) is 1. The smallest absolute Gasteiger partial charge is 0.326 e. The minimum atomic E-state index is -1.07. The molecule has 0 bridgehead atoms. The van der Waals surface area contributed by atoms with E-state index in [0.717, 1.165) is 32.3 Å². The normalized spacial score (nSPS) is 17.0. The Morgan fingerprint density at radius 2 is 2.15 bits per heavy atom. The lowest BCUT2D eigenvalue weighted by atomic mass is 10.1. The second-order valence-corrected chi connectivity index (χ2v) is 8.53. The first-order valence-electron chi connectivity index (χ1n) is 8.18. The highest BCUT2D eigenvalue weighted by Crippen LogP contribution is 2.36. The van der Waals surface area contributed by atoms with Gasteiger partial charge in [-0.25, -0.2) is 4.79 Å². The lowest BCUT2D eigenvalue weighted by Crippen LogP contribution is -2.43. The van der Waals surface area contributed by atoms with Gasteiger partial charge in [-0.3, -0.25) is 9.69 Å². The minimum absolute atomic E-state index is 0.244. The van der Waals surface area contributed by atoms with E-state index in [1.807, 2.05) is 31.2 Å². The van der Waals surface area contributed by atoms with Gasteiger partial charge in [0.15, 0.2) is 0 Å². The van der Waals surface area contributed by atoms with Crippen molar-refractivity contribution < 1.29 is 19.1 Å². The van der Waals surface area contributed by atoms with Gasteiger partial charge in [0.05, 0.1) is 4.91 Å². The summed E-state index contributed by atoms with van der Waals surface area (Å²) in [6, 6.07) is 8.58. The summed E-state index contributed by atoms with van der Waals surface area (Å²) < 4.78 is 7.02. The third-order valence-electron chi connectivity index (χ3n) is 4.10. The first kappa shape index (κ1) is 19.9. The number of amides is 1. The first-order chi connectivity index (χ1) is 12.8. The molecule has 1 amide bonds. The summed E-state index contributed by atoms with van der Waals surface area (Å²) in [5, 5.41) is 9.31. The Morgan fingerprint density at radius 1 is 1.41 bits per heavy atom. The molecule has 0 saturated carbocycles. The Kier molecular flexibility index (Phi) is 5.88. The van der Waals surface area contributed by atoms with Gasteiger partial charge in [0.25, 0.3) is 5.91 Å². The fourth-order valence-corrected chi connectivity index (χ4v) is 4.77. The van der Waals surface area contributed by atoms with Crippen LogP contribution in [0.3, 0.4) is 0 Å². The summed E-state index contributed by atoms with van der Waals surface area (Å²) in [5.74, 6) is -0.310. The Balaban J connectivity index is 1.88. The summed E-state index contributed by atoms with van der Waals surface area (Å²) in [4.78, 5) is 25.5. The number of hydrogen-bond acceptors (Lipinski definition) is 5. The summed E-state index contributed by atoms with van der Waals surface area (Å²) in [5.41, 5.74) is 2.04. The van der Waals surface area contributed by atoms with Crippen molar-refractivity contribution in [2.45, 2.75) is 26.3 Å². The van der Waals surface area contributed by atoms with Crippen molar-refractivity contribution in [3.63, 3.8) is 0 Å². The highest BCUT2D eigenvalue weighted by atomic mass is 79.9. The summed E-state index contributed by atoms with van der Waals surface area (Å²) >= 11 is 9.83.